The van der Waals surface area contributed by atoms with Crippen molar-refractivity contribution in [3.8, 4) is 0 Å². The smallest absolute Gasteiger partial charge is 0.106 e. The average molecular weight is 367 g/mol. The third-order valence-electron chi connectivity index (χ3n) is 1.50. The summed E-state index contributed by atoms with van der Waals surface area (Å²) in [5, 5.41) is 1.49. The number of allylic oxidation sites excluding steroid dienone is 4. The Balaban J connectivity index is -0.0000000369. The average Bonchev–Trinajstić information content (AvgIpc) is 2.93. The monoisotopic (exact) mass is 367 g/mol. The van der Waals surface area contributed by atoms with Gasteiger partial charge in [0.25, 0.3) is 0 Å². The normalized spacial score (nSPS) is 9.53. The Bertz CT molecular complexity index is 222. The van der Waals surface area contributed by atoms with Crippen molar-refractivity contribution in [2.45, 2.75) is 26.1 Å². The van der Waals surface area contributed by atoms with Crippen molar-refractivity contribution in [2.24, 2.45) is 0 Å². The van der Waals surface area contributed by atoms with Crippen molar-refractivity contribution in [3.05, 3.63) is 23.4 Å². The van der Waals surface area contributed by atoms with Crippen LogP contribution in [-0.2, 0) is 41.6 Å². The Morgan fingerprint density at radius 3 is 1.37 bits per heavy atom. The van der Waals surface area contributed by atoms with Crippen LogP contribution in [0.15, 0.2) is 17.3 Å². The minimum absolute atomic E-state index is 0. The molecule has 0 saturated carbocycles. The molecule has 0 aromatic heterocycles. The molecule has 19 heavy (non-hydrogen) atoms. The van der Waals surface area contributed by atoms with Gasteiger partial charge in [-0.05, 0) is 0 Å². The van der Waals surface area contributed by atoms with E-state index in [-0.39, 0.29) is 28.5 Å². The number of hydrogen-bond donors (Lipinski definition) is 1. The third kappa shape index (κ3) is 26.6. The molecule has 5 nitrogen and oxygen atoms in total. The van der Waals surface area contributed by atoms with E-state index in [9.17, 15) is 0 Å². The van der Waals surface area contributed by atoms with Gasteiger partial charge in [0.2, 0.25) is 0 Å². The van der Waals surface area contributed by atoms with E-state index in [1.165, 1.54) is 5.20 Å². The van der Waals surface area contributed by atoms with Gasteiger partial charge >= 0.3 is 0 Å². The summed E-state index contributed by atoms with van der Waals surface area (Å²) in [6, 6.07) is 0. The van der Waals surface area contributed by atoms with Crippen molar-refractivity contribution in [1.29, 1.82) is 0 Å². The Hall–Kier alpha value is -0.923. The molecule has 0 bridgehead atoms. The number of carbonyl (C=O) groups excluding carboxylic acids is 4. The van der Waals surface area contributed by atoms with Crippen LogP contribution in [0.5, 0.6) is 0 Å². The Morgan fingerprint density at radius 2 is 1.26 bits per heavy atom. The largest absolute Gasteiger partial charge is 0.344 e. The van der Waals surface area contributed by atoms with Crippen LogP contribution in [0, 0.1) is 6.08 Å². The summed E-state index contributed by atoms with van der Waals surface area (Å²) in [6.07, 6.45) is 8.82. The summed E-state index contributed by atoms with van der Waals surface area (Å²) in [7, 11) is -1.01. The van der Waals surface area contributed by atoms with Gasteiger partial charge in [0, 0.05) is 30.5 Å². The van der Waals surface area contributed by atoms with E-state index in [0.717, 1.165) is 6.42 Å². The van der Waals surface area contributed by atoms with Gasteiger partial charge in [0.1, 0.15) is 27.2 Å². The molecule has 0 saturated heterocycles. The van der Waals surface area contributed by atoms with Crippen LogP contribution in [-0.4, -0.2) is 35.2 Å². The second-order valence-electron chi connectivity index (χ2n) is 3.45. The number of carbonyl (C=O) groups is 4. The van der Waals surface area contributed by atoms with Crippen molar-refractivity contribution < 1.29 is 41.6 Å². The van der Waals surface area contributed by atoms with Gasteiger partial charge in [-0.3, -0.25) is 6.08 Å². The Kier molecular flexibility index (Phi) is 57.6. The summed E-state index contributed by atoms with van der Waals surface area (Å²) in [5.74, 6) is 0. The molecule has 0 spiro atoms. The maximum absolute atomic E-state index is 8.00. The van der Waals surface area contributed by atoms with Crippen LogP contribution in [0.25, 0.3) is 0 Å². The van der Waals surface area contributed by atoms with E-state index < -0.39 is 8.07 Å². The van der Waals surface area contributed by atoms with E-state index in [2.05, 4.69) is 37.9 Å². The van der Waals surface area contributed by atoms with Crippen LogP contribution in [0.1, 0.15) is 6.42 Å². The molecule has 7 heteroatoms. The van der Waals surface area contributed by atoms with E-state index in [1.807, 2.05) is 27.2 Å². The minimum atomic E-state index is -1.01. The second kappa shape index (κ2) is 30.3. The predicted octanol–water partition coefficient (Wildman–Crippen LogP) is 1.97. The van der Waals surface area contributed by atoms with Crippen LogP contribution < -0.4 is 6.15 Å². The zero-order valence-electron chi connectivity index (χ0n) is 12.0. The quantitative estimate of drug-likeness (QED) is 0.564. The first-order valence-electron chi connectivity index (χ1n) is 4.54. The fourth-order valence-electron chi connectivity index (χ4n) is 0.920. The van der Waals surface area contributed by atoms with Gasteiger partial charge in [-0.15, -0.1) is 6.42 Å². The van der Waals surface area contributed by atoms with Crippen LogP contribution in [0.4, 0.5) is 0 Å². The minimum Gasteiger partial charge on any atom is -0.344 e. The van der Waals surface area contributed by atoms with Gasteiger partial charge in [0.15, 0.2) is 0 Å². The summed E-state index contributed by atoms with van der Waals surface area (Å²) < 4.78 is 0. The van der Waals surface area contributed by atoms with E-state index in [0.29, 0.717) is 0 Å². The van der Waals surface area contributed by atoms with Crippen LogP contribution in [0.2, 0.25) is 19.6 Å². The Labute approximate surface area is 132 Å². The number of rotatable bonds is 1. The molecule has 0 unspecified atom stereocenters. The van der Waals surface area contributed by atoms with Crippen molar-refractivity contribution in [1.82, 2.24) is 6.15 Å². The van der Waals surface area contributed by atoms with Gasteiger partial charge in [-0.25, -0.2) is 11.3 Å². The van der Waals surface area contributed by atoms with Gasteiger partial charge < -0.3 is 25.3 Å². The third-order valence-corrected chi connectivity index (χ3v) is 3.46. The Morgan fingerprint density at radius 1 is 0.947 bits per heavy atom. The molecule has 0 atom stereocenters. The summed E-state index contributed by atoms with van der Waals surface area (Å²) >= 11 is 0. The van der Waals surface area contributed by atoms with Crippen LogP contribution >= 0.6 is 0 Å². The second-order valence-corrected chi connectivity index (χ2v) is 8.49. The molecule has 0 aromatic rings. The molecule has 1 radical (unpaired) electrons. The number of hydrogen-bond acceptors (Lipinski definition) is 5. The van der Waals surface area contributed by atoms with E-state index in [4.69, 9.17) is 19.2 Å². The molecule has 0 aromatic carbocycles. The maximum atomic E-state index is 8.00. The maximum Gasteiger partial charge on any atom is 0.106 e. The molecular formula is C12H24NNbO4Si-. The molecule has 0 amide bonds. The molecular weight excluding hydrogens is 343 g/mol. The van der Waals surface area contributed by atoms with Crippen molar-refractivity contribution in [3.63, 3.8) is 0 Å². The van der Waals surface area contributed by atoms with Gasteiger partial charge in [0.05, 0.1) is 0 Å². The van der Waals surface area contributed by atoms with E-state index >= 15 is 0 Å². The summed E-state index contributed by atoms with van der Waals surface area (Å²) in [4.78, 5) is 32.0. The molecule has 3 N–H and O–H groups in total. The molecule has 1 aliphatic carbocycles. The van der Waals surface area contributed by atoms with Crippen molar-refractivity contribution in [2.75, 3.05) is 0 Å². The fraction of sp³-hybridized carbons (Fsp3) is 0.333. The first-order valence-corrected chi connectivity index (χ1v) is 8.04. The standard InChI is InChI=1S/C8H13Si.4CH2O.H3N.Nb/c1-9(2,3)8-6-4-5-7-8;4*1-2;;/h4,6H,5H2,1-3H3;4*1H2;1H3;/q-1;;;;;;. The molecule has 1 aliphatic rings. The molecule has 111 valence electrons. The molecule has 0 heterocycles. The first kappa shape index (κ1) is 36.1. The topological polar surface area (TPSA) is 103 Å². The van der Waals surface area contributed by atoms with Crippen molar-refractivity contribution >= 4 is 35.2 Å². The molecule has 0 fully saturated rings. The zero-order chi connectivity index (χ0) is 14.9. The molecule has 1 rings (SSSR count). The first-order chi connectivity index (χ1) is 8.11. The molecule has 0 aliphatic heterocycles. The van der Waals surface area contributed by atoms with Crippen LogP contribution in [0.3, 0.4) is 0 Å². The predicted molar refractivity (Wildman–Crippen MR) is 77.4 cm³/mol. The summed E-state index contributed by atoms with van der Waals surface area (Å²) in [6.45, 7) is 15.1. The SMILES string of the molecule is C=O.C=O.C=O.C=O.C[Si](C)(C)C1=[C-]CC=C1.N.[Nb]. The zero-order valence-corrected chi connectivity index (χ0v) is 15.2. The van der Waals surface area contributed by atoms with Gasteiger partial charge in [-0.1, -0.05) is 19.6 Å². The summed E-state index contributed by atoms with van der Waals surface area (Å²) in [5.41, 5.74) is 0. The van der Waals surface area contributed by atoms with Gasteiger partial charge in [-0.2, -0.15) is 6.08 Å². The fourth-order valence-corrected chi connectivity index (χ4v) is 2.17. The van der Waals surface area contributed by atoms with E-state index in [1.54, 1.807) is 0 Å².